The molecule has 0 heterocycles. The quantitative estimate of drug-likeness (QED) is 0.799. The highest BCUT2D eigenvalue weighted by atomic mass is 16.5. The molecule has 0 amide bonds. The molecule has 0 aliphatic carbocycles. The Morgan fingerprint density at radius 3 is 2.71 bits per heavy atom. The summed E-state index contributed by atoms with van der Waals surface area (Å²) >= 11 is 0. The minimum absolute atomic E-state index is 0.0244. The molecule has 3 heteroatoms. The van der Waals surface area contributed by atoms with Crippen molar-refractivity contribution in [3.8, 4) is 5.75 Å². The van der Waals surface area contributed by atoms with Gasteiger partial charge in [-0.05, 0) is 17.5 Å². The van der Waals surface area contributed by atoms with E-state index in [2.05, 4.69) is 0 Å². The zero-order chi connectivity index (χ0) is 10.6. The van der Waals surface area contributed by atoms with Crippen molar-refractivity contribution < 1.29 is 14.6 Å². The minimum atomic E-state index is -0.789. The molecule has 0 aliphatic rings. The van der Waals surface area contributed by atoms with E-state index in [4.69, 9.17) is 9.84 Å². The molecule has 0 fully saturated rings. The van der Waals surface area contributed by atoms with Gasteiger partial charge in [0.2, 0.25) is 0 Å². The molecule has 76 valence electrons. The van der Waals surface area contributed by atoms with Gasteiger partial charge in [0.25, 0.3) is 0 Å². The molecule has 0 unspecified atom stereocenters. The van der Waals surface area contributed by atoms with E-state index >= 15 is 0 Å². The number of methoxy groups -OCH3 is 1. The lowest BCUT2D eigenvalue weighted by Crippen LogP contribution is -2.04. The van der Waals surface area contributed by atoms with Gasteiger partial charge in [-0.3, -0.25) is 4.79 Å². The molecule has 0 aromatic heterocycles. The Kier molecular flexibility index (Phi) is 3.51. The fraction of sp³-hybridized carbons (Fsp3) is 0.364. The van der Waals surface area contributed by atoms with Gasteiger partial charge in [-0.15, -0.1) is 0 Å². The lowest BCUT2D eigenvalue weighted by Gasteiger charge is -2.13. The van der Waals surface area contributed by atoms with Crippen LogP contribution in [0.25, 0.3) is 0 Å². The number of carbonyl (C=O) groups is 1. The van der Waals surface area contributed by atoms with Crippen LogP contribution >= 0.6 is 0 Å². The summed E-state index contributed by atoms with van der Waals surface area (Å²) in [6.07, 6.45) is 0.125. The van der Waals surface area contributed by atoms with Crippen molar-refractivity contribution in [2.45, 2.75) is 19.3 Å². The van der Waals surface area contributed by atoms with Crippen molar-refractivity contribution in [2.24, 2.45) is 0 Å². The molecule has 0 saturated heterocycles. The van der Waals surface area contributed by atoms with E-state index in [1.807, 2.05) is 31.2 Å². The smallest absolute Gasteiger partial charge is 0.303 e. The molecule has 1 rings (SSSR count). The van der Waals surface area contributed by atoms with Crippen molar-refractivity contribution in [1.82, 2.24) is 0 Å². The predicted molar refractivity (Wildman–Crippen MR) is 53.7 cm³/mol. The summed E-state index contributed by atoms with van der Waals surface area (Å²) in [4.78, 5) is 10.5. The molecule has 1 aromatic rings. The van der Waals surface area contributed by atoms with Gasteiger partial charge in [0.05, 0.1) is 13.5 Å². The van der Waals surface area contributed by atoms with Gasteiger partial charge >= 0.3 is 5.97 Å². The van der Waals surface area contributed by atoms with E-state index in [9.17, 15) is 4.79 Å². The molecule has 1 N–H and O–H groups in total. The van der Waals surface area contributed by atoms with Crippen LogP contribution in [0.1, 0.15) is 24.8 Å². The molecule has 3 nitrogen and oxygen atoms in total. The van der Waals surface area contributed by atoms with Crippen LogP contribution in [0.2, 0.25) is 0 Å². The Morgan fingerprint density at radius 1 is 1.50 bits per heavy atom. The van der Waals surface area contributed by atoms with Crippen LogP contribution in [0.5, 0.6) is 5.75 Å². The van der Waals surface area contributed by atoms with Crippen molar-refractivity contribution in [2.75, 3.05) is 7.11 Å². The summed E-state index contributed by atoms with van der Waals surface area (Å²) < 4.78 is 5.16. The van der Waals surface area contributed by atoms with Crippen molar-refractivity contribution in [3.63, 3.8) is 0 Å². The second-order valence-corrected chi connectivity index (χ2v) is 3.24. The maximum Gasteiger partial charge on any atom is 0.303 e. The lowest BCUT2D eigenvalue weighted by atomic mass is 9.97. The second kappa shape index (κ2) is 4.65. The Labute approximate surface area is 83.3 Å². The zero-order valence-corrected chi connectivity index (χ0v) is 8.36. The molecular formula is C11H14O3. The number of carboxylic acid groups (broad SMARTS) is 1. The highest BCUT2D eigenvalue weighted by molar-refractivity contribution is 5.68. The summed E-state index contributed by atoms with van der Waals surface area (Å²) in [6, 6.07) is 7.49. The number of para-hydroxylation sites is 1. The molecule has 0 spiro atoms. The molecule has 0 aliphatic heterocycles. The summed E-state index contributed by atoms with van der Waals surface area (Å²) in [5.74, 6) is -0.0618. The lowest BCUT2D eigenvalue weighted by molar-refractivity contribution is -0.137. The maximum absolute atomic E-state index is 10.5. The first-order chi connectivity index (χ1) is 6.65. The van der Waals surface area contributed by atoms with Crippen LogP contribution < -0.4 is 4.74 Å². The van der Waals surface area contributed by atoms with Crippen LogP contribution in [0.4, 0.5) is 0 Å². The van der Waals surface area contributed by atoms with Gasteiger partial charge in [0, 0.05) is 0 Å². The number of aliphatic carboxylic acids is 1. The van der Waals surface area contributed by atoms with Crippen molar-refractivity contribution >= 4 is 5.97 Å². The third-order valence-corrected chi connectivity index (χ3v) is 2.15. The Bertz CT molecular complexity index is 320. The third kappa shape index (κ3) is 2.49. The average Bonchev–Trinajstić information content (AvgIpc) is 2.16. The first-order valence-corrected chi connectivity index (χ1v) is 4.50. The third-order valence-electron chi connectivity index (χ3n) is 2.15. The summed E-state index contributed by atoms with van der Waals surface area (Å²) in [5.41, 5.74) is 0.942. The average molecular weight is 194 g/mol. The van der Waals surface area contributed by atoms with Crippen molar-refractivity contribution in [1.29, 1.82) is 0 Å². The minimum Gasteiger partial charge on any atom is -0.496 e. The van der Waals surface area contributed by atoms with E-state index < -0.39 is 5.97 Å². The maximum atomic E-state index is 10.5. The number of rotatable bonds is 4. The molecule has 1 aromatic carbocycles. The van der Waals surface area contributed by atoms with E-state index in [1.165, 1.54) is 0 Å². The summed E-state index contributed by atoms with van der Waals surface area (Å²) in [7, 11) is 1.59. The van der Waals surface area contributed by atoms with Crippen molar-refractivity contribution in [3.05, 3.63) is 29.8 Å². The summed E-state index contributed by atoms with van der Waals surface area (Å²) in [6.45, 7) is 1.88. The van der Waals surface area contributed by atoms with E-state index in [0.717, 1.165) is 11.3 Å². The molecule has 0 saturated carbocycles. The largest absolute Gasteiger partial charge is 0.496 e. The summed E-state index contributed by atoms with van der Waals surface area (Å²) in [5, 5.41) is 8.67. The van der Waals surface area contributed by atoms with Crippen LogP contribution in [-0.4, -0.2) is 18.2 Å². The number of carboxylic acids is 1. The number of ether oxygens (including phenoxy) is 1. The van der Waals surface area contributed by atoms with Crippen LogP contribution in [0.15, 0.2) is 24.3 Å². The molecular weight excluding hydrogens is 180 g/mol. The predicted octanol–water partition coefficient (Wildman–Crippen LogP) is 2.27. The number of hydrogen-bond donors (Lipinski definition) is 1. The Morgan fingerprint density at radius 2 is 2.14 bits per heavy atom. The Hall–Kier alpha value is -1.51. The molecule has 0 radical (unpaired) electrons. The number of hydrogen-bond acceptors (Lipinski definition) is 2. The van der Waals surface area contributed by atoms with Gasteiger partial charge in [-0.25, -0.2) is 0 Å². The first kappa shape index (κ1) is 10.6. The first-order valence-electron chi connectivity index (χ1n) is 4.50. The zero-order valence-electron chi connectivity index (χ0n) is 8.36. The van der Waals surface area contributed by atoms with E-state index in [1.54, 1.807) is 7.11 Å². The standard InChI is InChI=1S/C11H14O3/c1-8(7-11(12)13)9-5-3-4-6-10(9)14-2/h3-6,8H,7H2,1-2H3,(H,12,13)/t8-/m0/s1. The second-order valence-electron chi connectivity index (χ2n) is 3.24. The fourth-order valence-electron chi connectivity index (χ4n) is 1.45. The van der Waals surface area contributed by atoms with Gasteiger partial charge < -0.3 is 9.84 Å². The molecule has 1 atom stereocenters. The SMILES string of the molecule is COc1ccccc1[C@@H](C)CC(=O)O. The molecule has 0 bridgehead atoms. The highest BCUT2D eigenvalue weighted by Crippen LogP contribution is 2.27. The highest BCUT2D eigenvalue weighted by Gasteiger charge is 2.13. The van der Waals surface area contributed by atoms with E-state index in [0.29, 0.717) is 0 Å². The van der Waals surface area contributed by atoms with Gasteiger partial charge in [-0.1, -0.05) is 25.1 Å². The van der Waals surface area contributed by atoms with Crippen LogP contribution in [0, 0.1) is 0 Å². The normalized spacial score (nSPS) is 12.1. The Balaban J connectivity index is 2.87. The molecule has 14 heavy (non-hydrogen) atoms. The number of benzene rings is 1. The van der Waals surface area contributed by atoms with Gasteiger partial charge in [0.15, 0.2) is 0 Å². The fourth-order valence-corrected chi connectivity index (χ4v) is 1.45. The van der Waals surface area contributed by atoms with Gasteiger partial charge in [0.1, 0.15) is 5.75 Å². The topological polar surface area (TPSA) is 46.5 Å². The van der Waals surface area contributed by atoms with E-state index in [-0.39, 0.29) is 12.3 Å². The van der Waals surface area contributed by atoms with Crippen LogP contribution in [0.3, 0.4) is 0 Å². The van der Waals surface area contributed by atoms with Crippen LogP contribution in [-0.2, 0) is 4.79 Å². The van der Waals surface area contributed by atoms with Gasteiger partial charge in [-0.2, -0.15) is 0 Å². The monoisotopic (exact) mass is 194 g/mol.